The van der Waals surface area contributed by atoms with E-state index in [-0.39, 0.29) is 10.6 Å². The van der Waals surface area contributed by atoms with Crippen LogP contribution in [-0.2, 0) is 22.4 Å². The minimum atomic E-state index is -4.69. The van der Waals surface area contributed by atoms with Crippen LogP contribution >= 0.6 is 11.8 Å². The van der Waals surface area contributed by atoms with Crippen molar-refractivity contribution in [3.05, 3.63) is 77.9 Å². The molecule has 0 amide bonds. The largest absolute Gasteiger partial charge is 0.488 e. The standard InChI is InChI=1S/C25H22F6N2O3S2/c1-33-12-11-18(15-33)36-23-14-17(5-10-22(23)25(29,30)31)32-38(34,35)21-8-6-19(7-9-21)37-20-4-2-3-16(13-20)24(26,27)28/h2-10,13-14,18,32H,11-12,15H2,1H3/t18-/m1/s1. The molecule has 1 N–H and O–H groups in total. The Morgan fingerprint density at radius 1 is 0.921 bits per heavy atom. The second-order valence-electron chi connectivity index (χ2n) is 8.70. The first-order chi connectivity index (χ1) is 17.7. The number of hydrogen-bond acceptors (Lipinski definition) is 5. The van der Waals surface area contributed by atoms with Crippen molar-refractivity contribution < 1.29 is 39.5 Å². The van der Waals surface area contributed by atoms with Gasteiger partial charge in [0, 0.05) is 28.9 Å². The lowest BCUT2D eigenvalue weighted by Crippen LogP contribution is -2.23. The van der Waals surface area contributed by atoms with Gasteiger partial charge < -0.3 is 9.64 Å². The van der Waals surface area contributed by atoms with Gasteiger partial charge in [0.2, 0.25) is 0 Å². The van der Waals surface area contributed by atoms with Crippen molar-refractivity contribution in [2.24, 2.45) is 0 Å². The fourth-order valence-corrected chi connectivity index (χ4v) is 5.79. The van der Waals surface area contributed by atoms with Crippen molar-refractivity contribution in [3.8, 4) is 5.75 Å². The summed E-state index contributed by atoms with van der Waals surface area (Å²) in [5.74, 6) is -0.467. The smallest absolute Gasteiger partial charge is 0.419 e. The maximum Gasteiger partial charge on any atom is 0.419 e. The molecule has 0 unspecified atom stereocenters. The number of halogens is 6. The van der Waals surface area contributed by atoms with E-state index in [9.17, 15) is 34.8 Å². The van der Waals surface area contributed by atoms with E-state index >= 15 is 0 Å². The summed E-state index contributed by atoms with van der Waals surface area (Å²) in [6, 6.07) is 12.9. The predicted octanol–water partition coefficient (Wildman–Crippen LogP) is 6.76. The Morgan fingerprint density at radius 2 is 1.63 bits per heavy atom. The molecule has 38 heavy (non-hydrogen) atoms. The summed E-state index contributed by atoms with van der Waals surface area (Å²) in [5.41, 5.74) is -1.92. The first-order valence-corrected chi connectivity index (χ1v) is 13.6. The van der Waals surface area contributed by atoms with Crippen molar-refractivity contribution in [2.45, 2.75) is 39.6 Å². The zero-order chi connectivity index (χ0) is 27.7. The van der Waals surface area contributed by atoms with Gasteiger partial charge in [-0.15, -0.1) is 0 Å². The van der Waals surface area contributed by atoms with E-state index in [2.05, 4.69) is 4.72 Å². The van der Waals surface area contributed by atoms with Crippen LogP contribution in [0.1, 0.15) is 17.5 Å². The van der Waals surface area contributed by atoms with Crippen LogP contribution in [0, 0.1) is 0 Å². The van der Waals surface area contributed by atoms with Crippen LogP contribution in [0.3, 0.4) is 0 Å². The maximum atomic E-state index is 13.5. The Hall–Kier alpha value is -2.90. The van der Waals surface area contributed by atoms with E-state index in [1.54, 1.807) is 0 Å². The second-order valence-corrected chi connectivity index (χ2v) is 11.5. The van der Waals surface area contributed by atoms with Gasteiger partial charge in [-0.1, -0.05) is 17.8 Å². The first kappa shape index (κ1) is 28.1. The summed E-state index contributed by atoms with van der Waals surface area (Å²) >= 11 is 1.02. The average molecular weight is 577 g/mol. The number of hydrogen-bond donors (Lipinski definition) is 1. The number of alkyl halides is 6. The highest BCUT2D eigenvalue weighted by molar-refractivity contribution is 7.99. The van der Waals surface area contributed by atoms with Crippen molar-refractivity contribution in [1.82, 2.24) is 4.90 Å². The zero-order valence-corrected chi connectivity index (χ0v) is 21.4. The van der Waals surface area contributed by atoms with Gasteiger partial charge in [-0.3, -0.25) is 4.72 Å². The molecule has 0 radical (unpaired) electrons. The third-order valence-corrected chi connectivity index (χ3v) is 8.11. The second kappa shape index (κ2) is 10.7. The summed E-state index contributed by atoms with van der Waals surface area (Å²) in [6.07, 6.45) is -9.11. The highest BCUT2D eigenvalue weighted by Crippen LogP contribution is 2.39. The third-order valence-electron chi connectivity index (χ3n) is 5.71. The molecule has 3 aromatic rings. The summed E-state index contributed by atoms with van der Waals surface area (Å²) in [5, 5.41) is 0. The van der Waals surface area contributed by atoms with Gasteiger partial charge in [0.1, 0.15) is 11.9 Å². The van der Waals surface area contributed by atoms with Crippen LogP contribution in [0.15, 0.2) is 81.4 Å². The quantitative estimate of drug-likeness (QED) is 0.315. The molecule has 0 bridgehead atoms. The van der Waals surface area contributed by atoms with Gasteiger partial charge in [-0.25, -0.2) is 8.42 Å². The number of nitrogens with zero attached hydrogens (tertiary/aromatic N) is 1. The highest BCUT2D eigenvalue weighted by Gasteiger charge is 2.36. The van der Waals surface area contributed by atoms with Crippen molar-refractivity contribution in [3.63, 3.8) is 0 Å². The number of ether oxygens (including phenoxy) is 1. The van der Waals surface area contributed by atoms with Crippen LogP contribution < -0.4 is 9.46 Å². The van der Waals surface area contributed by atoms with Gasteiger partial charge in [0.05, 0.1) is 21.7 Å². The Kier molecular flexibility index (Phi) is 7.91. The monoisotopic (exact) mass is 576 g/mol. The SMILES string of the molecule is CN1CC[C@@H](Oc2cc(NS(=O)(=O)c3ccc(Sc4cccc(C(F)(F)F)c4)cc3)ccc2C(F)(F)F)C1. The summed E-state index contributed by atoms with van der Waals surface area (Å²) < 4.78 is 113. The van der Waals surface area contributed by atoms with Gasteiger partial charge in [0.15, 0.2) is 0 Å². The molecule has 0 spiro atoms. The van der Waals surface area contributed by atoms with Crippen LogP contribution in [0.5, 0.6) is 5.75 Å². The van der Waals surface area contributed by atoms with Crippen molar-refractivity contribution in [2.75, 3.05) is 24.9 Å². The summed E-state index contributed by atoms with van der Waals surface area (Å²) in [7, 11) is -2.36. The number of likely N-dealkylation sites (N-methyl/N-ethyl adjacent to an activating group) is 1. The fourth-order valence-electron chi connectivity index (χ4n) is 3.86. The molecule has 1 saturated heterocycles. The molecule has 3 aromatic carbocycles. The first-order valence-electron chi connectivity index (χ1n) is 11.3. The van der Waals surface area contributed by atoms with E-state index in [0.29, 0.717) is 29.3 Å². The third kappa shape index (κ3) is 6.94. The Labute approximate surface area is 219 Å². The molecule has 204 valence electrons. The number of anilines is 1. The predicted molar refractivity (Wildman–Crippen MR) is 131 cm³/mol. The number of likely N-dealkylation sites (tertiary alicyclic amines) is 1. The average Bonchev–Trinajstić information content (AvgIpc) is 3.22. The number of sulfonamides is 1. The van der Waals surface area contributed by atoms with Gasteiger partial charge >= 0.3 is 12.4 Å². The minimum absolute atomic E-state index is 0.109. The fraction of sp³-hybridized carbons (Fsp3) is 0.280. The lowest BCUT2D eigenvalue weighted by atomic mass is 10.1. The molecule has 1 aliphatic rings. The molecular formula is C25H22F6N2O3S2. The maximum absolute atomic E-state index is 13.5. The zero-order valence-electron chi connectivity index (χ0n) is 19.8. The molecular weight excluding hydrogens is 554 g/mol. The molecule has 4 rings (SSSR count). The Morgan fingerprint density at radius 3 is 2.24 bits per heavy atom. The molecule has 1 heterocycles. The van der Waals surface area contributed by atoms with Gasteiger partial charge in [-0.05, 0) is 68.1 Å². The number of benzene rings is 3. The van der Waals surface area contributed by atoms with E-state index in [4.69, 9.17) is 4.74 Å². The van der Waals surface area contributed by atoms with Crippen LogP contribution in [0.4, 0.5) is 32.0 Å². The molecule has 0 saturated carbocycles. The molecule has 5 nitrogen and oxygen atoms in total. The Bertz CT molecular complexity index is 1390. The minimum Gasteiger partial charge on any atom is -0.488 e. The van der Waals surface area contributed by atoms with Crippen molar-refractivity contribution >= 4 is 27.5 Å². The highest BCUT2D eigenvalue weighted by atomic mass is 32.2. The van der Waals surface area contributed by atoms with Gasteiger partial charge in [-0.2, -0.15) is 26.3 Å². The molecule has 13 heteroatoms. The number of rotatable bonds is 7. The van der Waals surface area contributed by atoms with E-state index in [1.807, 2.05) is 11.9 Å². The Balaban J connectivity index is 1.51. The number of nitrogens with one attached hydrogen (secondary N) is 1. The summed E-state index contributed by atoms with van der Waals surface area (Å²) in [6.45, 7) is 1.11. The molecule has 0 aromatic heterocycles. The molecule has 1 aliphatic heterocycles. The normalized spacial score (nSPS) is 17.0. The van der Waals surface area contributed by atoms with Crippen LogP contribution in [-0.4, -0.2) is 39.6 Å². The van der Waals surface area contributed by atoms with E-state index in [1.165, 1.54) is 36.4 Å². The molecule has 0 aliphatic carbocycles. The lowest BCUT2D eigenvalue weighted by molar-refractivity contribution is -0.139. The van der Waals surface area contributed by atoms with Crippen LogP contribution in [0.2, 0.25) is 0 Å². The molecule has 1 atom stereocenters. The van der Waals surface area contributed by atoms with Crippen LogP contribution in [0.25, 0.3) is 0 Å². The van der Waals surface area contributed by atoms with E-state index in [0.717, 1.165) is 42.1 Å². The van der Waals surface area contributed by atoms with Crippen molar-refractivity contribution in [1.29, 1.82) is 0 Å². The molecule has 1 fully saturated rings. The lowest BCUT2D eigenvalue weighted by Gasteiger charge is -2.19. The summed E-state index contributed by atoms with van der Waals surface area (Å²) in [4.78, 5) is 2.56. The van der Waals surface area contributed by atoms with Gasteiger partial charge in [0.25, 0.3) is 10.0 Å². The van der Waals surface area contributed by atoms with E-state index < -0.39 is 45.4 Å². The topological polar surface area (TPSA) is 58.6 Å².